The van der Waals surface area contributed by atoms with E-state index >= 15 is 0 Å². The first-order valence-electron chi connectivity index (χ1n) is 20.2. The zero-order valence-corrected chi connectivity index (χ0v) is 67.6. The maximum absolute atomic E-state index is 11.7. The number of hydrogen-bond donors (Lipinski definition) is 6. The Kier molecular flexibility index (Phi) is 52.6. The molecule has 9 atom stereocenters. The summed E-state index contributed by atoms with van der Waals surface area (Å²) in [4.78, 5) is 116. The summed E-state index contributed by atoms with van der Waals surface area (Å²) < 4.78 is 34.8. The van der Waals surface area contributed by atoms with Crippen LogP contribution in [0.1, 0.15) is 26.7 Å². The first-order valence-corrected chi connectivity index (χ1v) is 46.5. The molecule has 6 N–H and O–H groups in total. The van der Waals surface area contributed by atoms with Gasteiger partial charge in [0.25, 0.3) is 15.8 Å². The minimum atomic E-state index is -4.24. The van der Waals surface area contributed by atoms with E-state index in [1.807, 2.05) is 6.92 Å². The van der Waals surface area contributed by atoms with Crippen molar-refractivity contribution in [3.63, 3.8) is 0 Å². The standard InChI is InChI=1S/C14H20N4O7S2.C10H15NO4.3C4H6O4S2.6Na.2Sb/c1-3-7-26-10-4-5-12(18(20)21)11(9-10)16-13(17-14(19)25-2)15-6-8-27(22,23)24;1-5(2)7-4-11-9(10(14)15)6(7)3-8(12)13;3*5-3(6)1(9)2(10)4(7)8;;;;;;;;/h4-5,9H,3,6-8H2,1-2H3,(H,22,23,24)(H2,15,16,17,19);6-7,9,11H,1,3-4H2,2H3,(H,12,13)(H,14,15);3*1-2,9-10H,(H,5,6)(H,7,8);;;;;;;;/q;;;;;6*+1;2*+3/p-12/t;6-,7+,9-;;;;;;;;;;;/m.0.........../s1. The molecular weight excluding hydrogens is 1510 g/mol. The van der Waals surface area contributed by atoms with Gasteiger partial charge in [0.15, 0.2) is 0 Å². The summed E-state index contributed by atoms with van der Waals surface area (Å²) in [6.07, 6.45) is -0.138. The molecule has 1 amide bonds. The number of carbonyl (C=O) groups is 9. The molecule has 0 spiro atoms. The number of amides is 1. The number of nitrogens with one attached hydrogen (secondary N) is 3. The van der Waals surface area contributed by atoms with Crippen molar-refractivity contribution in [1.82, 2.24) is 16.0 Å². The van der Waals surface area contributed by atoms with Gasteiger partial charge in [0.1, 0.15) is 11.7 Å². The fourth-order valence-corrected chi connectivity index (χ4v) is 66.8. The molecule has 0 aliphatic carbocycles. The van der Waals surface area contributed by atoms with Gasteiger partial charge < -0.3 is 25.6 Å². The maximum Gasteiger partial charge on any atom is 1.00 e. The maximum atomic E-state index is 11.7. The van der Waals surface area contributed by atoms with Gasteiger partial charge in [0.05, 0.1) is 24.2 Å². The molecule has 1 aromatic carbocycles. The van der Waals surface area contributed by atoms with Crippen molar-refractivity contribution in [2.45, 2.75) is 69.1 Å². The van der Waals surface area contributed by atoms with Crippen LogP contribution in [0.15, 0.2) is 40.2 Å². The van der Waals surface area contributed by atoms with E-state index in [0.29, 0.717) is 24.2 Å². The molecule has 3 saturated heterocycles. The molecule has 6 unspecified atom stereocenters. The molecule has 3 heterocycles. The van der Waals surface area contributed by atoms with Crippen LogP contribution in [0, 0.1) is 22.0 Å². The number of methoxy groups -OCH3 is 1. The van der Waals surface area contributed by atoms with Crippen molar-refractivity contribution in [1.29, 1.82) is 0 Å². The Hall–Kier alpha value is 2.82. The summed E-state index contributed by atoms with van der Waals surface area (Å²) in [5.74, 6) is -12.9. The van der Waals surface area contributed by atoms with Gasteiger partial charge in [-0.3, -0.25) is 29.6 Å². The minimum absolute atomic E-state index is 0. The SMILES string of the molecule is C=C(C)[C@H]1CN[C@H](C(=O)O)[C@H]1CC(=O)O.CCCSc1ccc([N+](=O)[O-])c(/N=C(/NCCS(=O)(=O)O)NC(=O)OC)c1.O=C([O-])C1[S][Sb]([S]C(C(=O)[O-])C([S][Sb]2[S]C(C(=O)[O-])C(C(=O)[O-])[S]2)C(=O)[O-])[S]C1C(=O)[O-].[Na+].[Na+].[Na+].[Na+].[Na+].[Na+]. The number of hydrogen-bond acceptors (Lipinski definition) is 29. The summed E-state index contributed by atoms with van der Waals surface area (Å²) in [7, 11) is 1.00. The van der Waals surface area contributed by atoms with Gasteiger partial charge in [0, 0.05) is 30.0 Å². The Morgan fingerprint density at radius 1 is 0.838 bits per heavy atom. The normalized spacial score (nSPS) is 20.9. The molecular formula is C36H41N5Na6O23S8Sb2. The Labute approximate surface area is 625 Å². The number of rotatable bonds is 23. The largest absolute Gasteiger partial charge is 1.00 e. The van der Waals surface area contributed by atoms with Crippen LogP contribution in [0.2, 0.25) is 0 Å². The Balaban J connectivity index is -0.000000357. The van der Waals surface area contributed by atoms with Crippen LogP contribution in [-0.2, 0) is 53.2 Å². The predicted molar refractivity (Wildman–Crippen MR) is 264 cm³/mol. The summed E-state index contributed by atoms with van der Waals surface area (Å²) in [6, 6.07) is 3.60. The van der Waals surface area contributed by atoms with E-state index in [4.69, 9.17) is 14.8 Å². The molecule has 4 rings (SSSR count). The van der Waals surface area contributed by atoms with Gasteiger partial charge in [-0.25, -0.2) is 9.79 Å². The van der Waals surface area contributed by atoms with Crippen molar-refractivity contribution in [2.24, 2.45) is 16.8 Å². The van der Waals surface area contributed by atoms with Crippen LogP contribution in [0.5, 0.6) is 0 Å². The first-order chi connectivity index (χ1) is 34.4. The third kappa shape index (κ3) is 32.5. The summed E-state index contributed by atoms with van der Waals surface area (Å²) >= 11 is -4.82. The predicted octanol–water partition coefficient (Wildman–Crippen LogP) is -23.6. The number of alkyl carbamates (subject to hydrolysis) is 1. The van der Waals surface area contributed by atoms with Crippen LogP contribution in [0.4, 0.5) is 16.2 Å². The number of nitrogens with zero attached hydrogens (tertiary/aromatic N) is 2. The Morgan fingerprint density at radius 3 is 1.60 bits per heavy atom. The molecule has 3 aliphatic rings. The van der Waals surface area contributed by atoms with Gasteiger partial charge in [-0.15, -0.1) is 11.8 Å². The van der Waals surface area contributed by atoms with Gasteiger partial charge in [-0.05, 0) is 37.1 Å². The second-order valence-corrected chi connectivity index (χ2v) is 58.9. The molecule has 80 heavy (non-hydrogen) atoms. The van der Waals surface area contributed by atoms with Gasteiger partial charge in [-0.1, -0.05) is 19.1 Å². The van der Waals surface area contributed by atoms with E-state index in [1.54, 1.807) is 13.0 Å². The molecule has 3 fully saturated rings. The van der Waals surface area contributed by atoms with Crippen LogP contribution in [0.25, 0.3) is 0 Å². The summed E-state index contributed by atoms with van der Waals surface area (Å²) in [5.41, 5.74) is 0.501. The monoisotopic (exact) mass is 1550 g/mol. The third-order valence-electron chi connectivity index (χ3n) is 9.14. The number of nitro benzene ring substituents is 1. The van der Waals surface area contributed by atoms with Crippen molar-refractivity contribution >= 4 is 178 Å². The number of carboxylic acids is 8. The zero-order valence-electron chi connectivity index (χ0n) is 43.9. The zero-order chi connectivity index (χ0) is 56.4. The molecule has 0 aromatic heterocycles. The Morgan fingerprint density at radius 2 is 1.27 bits per heavy atom. The van der Waals surface area contributed by atoms with E-state index < -0.39 is 150 Å². The molecule has 1 aromatic rings. The molecule has 0 saturated carbocycles. The second kappa shape index (κ2) is 46.0. The number of ether oxygens (including phenoxy) is 1. The number of carboxylic acid groups (broad SMARTS) is 8. The van der Waals surface area contributed by atoms with Gasteiger partial charge in [-0.2, -0.15) is 8.42 Å². The van der Waals surface area contributed by atoms with Crippen LogP contribution in [-0.4, -0.2) is 189 Å². The van der Waals surface area contributed by atoms with Crippen molar-refractivity contribution in [3.8, 4) is 0 Å². The average Bonchev–Trinajstić information content (AvgIpc) is 4.04. The number of benzene rings is 1. The van der Waals surface area contributed by atoms with Crippen LogP contribution in [0.3, 0.4) is 0 Å². The van der Waals surface area contributed by atoms with Crippen LogP contribution < -0.4 is 224 Å². The minimum Gasteiger partial charge on any atom is 1.00 e. The fraction of sp³-hybridized carbons (Fsp3) is 0.500. The third-order valence-corrected chi connectivity index (χ3v) is 58.1. The topological polar surface area (TPSA) is 488 Å². The smallest absolute Gasteiger partial charge is 1.00 e. The van der Waals surface area contributed by atoms with E-state index in [9.17, 15) is 92.3 Å². The van der Waals surface area contributed by atoms with Crippen LogP contribution >= 0.6 is 64.9 Å². The molecule has 412 valence electrons. The molecule has 28 nitrogen and oxygen atoms in total. The van der Waals surface area contributed by atoms with E-state index in [0.717, 1.165) is 65.1 Å². The number of thioether (sulfide) groups is 1. The average molecular weight is 1550 g/mol. The summed E-state index contributed by atoms with van der Waals surface area (Å²) in [6.45, 7) is 7.75. The van der Waals surface area contributed by atoms with Crippen molar-refractivity contribution in [3.05, 3.63) is 40.5 Å². The molecule has 0 radical (unpaired) electrons. The second-order valence-electron chi connectivity index (χ2n) is 14.5. The first kappa shape index (κ1) is 91.5. The number of aliphatic carboxylic acids is 8. The molecule has 44 heteroatoms. The van der Waals surface area contributed by atoms with Gasteiger partial charge in [0.2, 0.25) is 5.96 Å². The molecule has 3 aliphatic heterocycles. The van der Waals surface area contributed by atoms with E-state index in [1.165, 1.54) is 23.9 Å². The molecule has 0 bridgehead atoms. The summed E-state index contributed by atoms with van der Waals surface area (Å²) in [5, 5.41) is 95.0. The number of carbonyl (C=O) groups excluding carboxylic acids is 7. The Bertz CT molecular complexity index is 2350. The van der Waals surface area contributed by atoms with Crippen molar-refractivity contribution < 1.29 is 284 Å². The fourth-order valence-electron chi connectivity index (χ4n) is 5.83. The number of aliphatic imine (C=N–C) groups is 1. The van der Waals surface area contributed by atoms with E-state index in [2.05, 4.69) is 32.3 Å². The van der Waals surface area contributed by atoms with Crippen molar-refractivity contribution in [2.75, 3.05) is 31.7 Å². The number of nitro groups is 1. The number of guanidine groups is 1. The quantitative estimate of drug-likeness (QED) is 0.00866. The van der Waals surface area contributed by atoms with E-state index in [-0.39, 0.29) is 214 Å². The van der Waals surface area contributed by atoms with Gasteiger partial charge >= 0.3 is 407 Å².